The second-order valence-electron chi connectivity index (χ2n) is 3.97. The lowest BCUT2D eigenvalue weighted by molar-refractivity contribution is 0.389. The van der Waals surface area contributed by atoms with Crippen molar-refractivity contribution in [3.63, 3.8) is 0 Å². The lowest BCUT2D eigenvalue weighted by Gasteiger charge is -2.10. The average Bonchev–Trinajstić information content (AvgIpc) is 1.95. The Morgan fingerprint density at radius 1 is 1.08 bits per heavy atom. The van der Waals surface area contributed by atoms with Crippen LogP contribution in [0.4, 0.5) is 0 Å². The Bertz CT molecular complexity index is 77.8. The highest BCUT2D eigenvalue weighted by Crippen LogP contribution is 1.95. The molecular formula is C10H24N2. The maximum absolute atomic E-state index is 3.42. The van der Waals surface area contributed by atoms with Crippen molar-refractivity contribution >= 4 is 0 Å². The Kier molecular flexibility index (Phi) is 7.51. The number of nitrogens with one attached hydrogen (secondary N) is 1. The van der Waals surface area contributed by atoms with Gasteiger partial charge < -0.3 is 10.2 Å². The van der Waals surface area contributed by atoms with E-state index in [1.54, 1.807) is 0 Å². The van der Waals surface area contributed by atoms with Crippen LogP contribution in [0, 0.1) is 0 Å². The molecule has 0 spiro atoms. The molecular weight excluding hydrogens is 148 g/mol. The molecule has 0 unspecified atom stereocenters. The van der Waals surface area contributed by atoms with Gasteiger partial charge in [0.2, 0.25) is 0 Å². The van der Waals surface area contributed by atoms with Crippen molar-refractivity contribution in [2.75, 3.05) is 27.2 Å². The van der Waals surface area contributed by atoms with Crippen LogP contribution in [0.2, 0.25) is 0 Å². The number of nitrogens with zero attached hydrogens (tertiary/aromatic N) is 1. The molecule has 0 rings (SSSR count). The van der Waals surface area contributed by atoms with Crippen LogP contribution in [0.5, 0.6) is 0 Å². The van der Waals surface area contributed by atoms with Gasteiger partial charge in [-0.2, -0.15) is 0 Å². The molecule has 0 saturated carbocycles. The molecule has 0 saturated heterocycles. The fourth-order valence-electron chi connectivity index (χ4n) is 1.12. The van der Waals surface area contributed by atoms with Crippen LogP contribution in [0.3, 0.4) is 0 Å². The predicted octanol–water partition coefficient (Wildman–Crippen LogP) is 1.72. The minimum absolute atomic E-state index is 0.638. The quantitative estimate of drug-likeness (QED) is 0.588. The molecule has 12 heavy (non-hydrogen) atoms. The van der Waals surface area contributed by atoms with E-state index in [4.69, 9.17) is 0 Å². The standard InChI is InChI=1S/C10H24N2/c1-10(2)11-8-6-5-7-9-12(3)4/h10-11H,5-9H2,1-4H3. The van der Waals surface area contributed by atoms with Gasteiger partial charge in [0.15, 0.2) is 0 Å². The third-order valence-electron chi connectivity index (χ3n) is 1.83. The van der Waals surface area contributed by atoms with Gasteiger partial charge in [0, 0.05) is 6.04 Å². The average molecular weight is 172 g/mol. The number of rotatable bonds is 7. The second kappa shape index (κ2) is 7.56. The summed E-state index contributed by atoms with van der Waals surface area (Å²) in [6, 6.07) is 0.638. The molecule has 0 aliphatic heterocycles. The maximum atomic E-state index is 3.42. The highest BCUT2D eigenvalue weighted by atomic mass is 15.0. The molecule has 0 heterocycles. The van der Waals surface area contributed by atoms with Crippen LogP contribution in [0.15, 0.2) is 0 Å². The van der Waals surface area contributed by atoms with Crippen molar-refractivity contribution in [2.24, 2.45) is 0 Å². The molecule has 0 atom stereocenters. The van der Waals surface area contributed by atoms with Gasteiger partial charge in [-0.3, -0.25) is 0 Å². The number of hydrogen-bond donors (Lipinski definition) is 1. The summed E-state index contributed by atoms with van der Waals surface area (Å²) in [6.45, 7) is 6.78. The van der Waals surface area contributed by atoms with Crippen molar-refractivity contribution in [3.8, 4) is 0 Å². The molecule has 0 aliphatic carbocycles. The van der Waals surface area contributed by atoms with Gasteiger partial charge in [0.25, 0.3) is 0 Å². The lowest BCUT2D eigenvalue weighted by atomic mass is 10.2. The van der Waals surface area contributed by atoms with Gasteiger partial charge in [-0.15, -0.1) is 0 Å². The third kappa shape index (κ3) is 9.92. The SMILES string of the molecule is CC(C)NCCCCCN(C)C. The molecule has 0 bridgehead atoms. The summed E-state index contributed by atoms with van der Waals surface area (Å²) in [6.07, 6.45) is 3.98. The minimum Gasteiger partial charge on any atom is -0.315 e. The summed E-state index contributed by atoms with van der Waals surface area (Å²) >= 11 is 0. The Labute approximate surface area is 77.3 Å². The van der Waals surface area contributed by atoms with Gasteiger partial charge in [0.1, 0.15) is 0 Å². The molecule has 2 nitrogen and oxygen atoms in total. The van der Waals surface area contributed by atoms with Gasteiger partial charge in [-0.25, -0.2) is 0 Å². The zero-order valence-corrected chi connectivity index (χ0v) is 9.06. The van der Waals surface area contributed by atoms with E-state index in [1.807, 2.05) is 0 Å². The molecule has 1 N–H and O–H groups in total. The van der Waals surface area contributed by atoms with Crippen LogP contribution in [-0.4, -0.2) is 38.1 Å². The largest absolute Gasteiger partial charge is 0.315 e. The van der Waals surface area contributed by atoms with E-state index in [0.29, 0.717) is 6.04 Å². The molecule has 74 valence electrons. The van der Waals surface area contributed by atoms with Gasteiger partial charge >= 0.3 is 0 Å². The summed E-state index contributed by atoms with van der Waals surface area (Å²) in [5.41, 5.74) is 0. The molecule has 0 radical (unpaired) electrons. The molecule has 0 aromatic rings. The third-order valence-corrected chi connectivity index (χ3v) is 1.83. The van der Waals surface area contributed by atoms with Gasteiger partial charge in [0.05, 0.1) is 0 Å². The van der Waals surface area contributed by atoms with E-state index in [1.165, 1.54) is 32.4 Å². The first-order chi connectivity index (χ1) is 5.63. The van der Waals surface area contributed by atoms with Crippen molar-refractivity contribution in [1.29, 1.82) is 0 Å². The van der Waals surface area contributed by atoms with E-state index >= 15 is 0 Å². The zero-order valence-electron chi connectivity index (χ0n) is 9.06. The van der Waals surface area contributed by atoms with Crippen LogP contribution in [-0.2, 0) is 0 Å². The van der Waals surface area contributed by atoms with Crippen LogP contribution < -0.4 is 5.32 Å². The van der Waals surface area contributed by atoms with E-state index in [2.05, 4.69) is 38.2 Å². The summed E-state index contributed by atoms with van der Waals surface area (Å²) < 4.78 is 0. The van der Waals surface area contributed by atoms with E-state index in [9.17, 15) is 0 Å². The molecule has 2 heteroatoms. The second-order valence-corrected chi connectivity index (χ2v) is 3.97. The topological polar surface area (TPSA) is 15.3 Å². The Morgan fingerprint density at radius 3 is 2.25 bits per heavy atom. The van der Waals surface area contributed by atoms with Crippen molar-refractivity contribution < 1.29 is 0 Å². The summed E-state index contributed by atoms with van der Waals surface area (Å²) in [7, 11) is 4.26. The van der Waals surface area contributed by atoms with E-state index < -0.39 is 0 Å². The molecule has 0 fully saturated rings. The van der Waals surface area contributed by atoms with E-state index in [0.717, 1.165) is 0 Å². The highest BCUT2D eigenvalue weighted by Gasteiger charge is 1.93. The van der Waals surface area contributed by atoms with Crippen LogP contribution in [0.25, 0.3) is 0 Å². The smallest absolute Gasteiger partial charge is 0.00103 e. The molecule has 0 amide bonds. The monoisotopic (exact) mass is 172 g/mol. The molecule has 0 aromatic carbocycles. The fourth-order valence-corrected chi connectivity index (χ4v) is 1.12. The Hall–Kier alpha value is -0.0800. The minimum atomic E-state index is 0.638. The summed E-state index contributed by atoms with van der Waals surface area (Å²) in [5, 5.41) is 3.42. The normalized spacial score (nSPS) is 11.5. The lowest BCUT2D eigenvalue weighted by Crippen LogP contribution is -2.23. The molecule has 0 aromatic heterocycles. The van der Waals surface area contributed by atoms with Crippen LogP contribution in [0.1, 0.15) is 33.1 Å². The highest BCUT2D eigenvalue weighted by molar-refractivity contribution is 4.53. The maximum Gasteiger partial charge on any atom is 0.00103 e. The predicted molar refractivity (Wildman–Crippen MR) is 55.5 cm³/mol. The fraction of sp³-hybridized carbons (Fsp3) is 1.00. The number of unbranched alkanes of at least 4 members (excludes halogenated alkanes) is 2. The van der Waals surface area contributed by atoms with E-state index in [-0.39, 0.29) is 0 Å². The van der Waals surface area contributed by atoms with Crippen molar-refractivity contribution in [1.82, 2.24) is 10.2 Å². The van der Waals surface area contributed by atoms with Crippen LogP contribution >= 0.6 is 0 Å². The Morgan fingerprint density at radius 2 is 1.75 bits per heavy atom. The van der Waals surface area contributed by atoms with Crippen molar-refractivity contribution in [2.45, 2.75) is 39.2 Å². The van der Waals surface area contributed by atoms with Gasteiger partial charge in [-0.05, 0) is 40.0 Å². The summed E-state index contributed by atoms with van der Waals surface area (Å²) in [4.78, 5) is 2.25. The number of hydrogen-bond acceptors (Lipinski definition) is 2. The first kappa shape index (κ1) is 11.9. The van der Waals surface area contributed by atoms with Gasteiger partial charge in [-0.1, -0.05) is 20.3 Å². The van der Waals surface area contributed by atoms with Crippen molar-refractivity contribution in [3.05, 3.63) is 0 Å². The summed E-state index contributed by atoms with van der Waals surface area (Å²) in [5.74, 6) is 0. The molecule has 0 aliphatic rings. The first-order valence-electron chi connectivity index (χ1n) is 5.01. The first-order valence-corrected chi connectivity index (χ1v) is 5.01. The zero-order chi connectivity index (χ0) is 9.40. The Balaban J connectivity index is 2.91.